The highest BCUT2D eigenvalue weighted by molar-refractivity contribution is 8.01. The van der Waals surface area contributed by atoms with Crippen LogP contribution in [0.1, 0.15) is 46.2 Å². The topological polar surface area (TPSA) is 93.0 Å². The fourth-order valence-electron chi connectivity index (χ4n) is 2.50. The molecule has 1 aliphatic rings. The summed E-state index contributed by atoms with van der Waals surface area (Å²) in [4.78, 5) is 25.8. The van der Waals surface area contributed by atoms with Gasteiger partial charge in [-0.25, -0.2) is 0 Å². The zero-order chi connectivity index (χ0) is 19.8. The summed E-state index contributed by atoms with van der Waals surface area (Å²) in [5.41, 5.74) is 0.842. The molecule has 1 saturated carbocycles. The van der Waals surface area contributed by atoms with Gasteiger partial charge >= 0.3 is 0 Å². The van der Waals surface area contributed by atoms with Crippen molar-refractivity contribution in [3.8, 4) is 0 Å². The summed E-state index contributed by atoms with van der Waals surface area (Å²) in [5.74, 6) is 0.730. The van der Waals surface area contributed by atoms with E-state index in [-0.39, 0.29) is 29.0 Å². The Kier molecular flexibility index (Phi) is 5.57. The highest BCUT2D eigenvalue weighted by Gasteiger charge is 2.34. The normalized spacial score (nSPS) is 14.3. The Hall–Kier alpha value is -1.94. The van der Waals surface area contributed by atoms with Crippen molar-refractivity contribution >= 4 is 45.9 Å². The number of anilines is 2. The first-order valence-corrected chi connectivity index (χ1v) is 10.6. The highest BCUT2D eigenvalue weighted by atomic mass is 32.2. The first-order valence-electron chi connectivity index (χ1n) is 8.75. The predicted molar refractivity (Wildman–Crippen MR) is 107 cm³/mol. The van der Waals surface area contributed by atoms with Crippen molar-refractivity contribution < 1.29 is 9.59 Å². The van der Waals surface area contributed by atoms with Crippen molar-refractivity contribution in [2.24, 2.45) is 7.05 Å². The van der Waals surface area contributed by atoms with Crippen LogP contribution < -0.4 is 10.2 Å². The number of thioether (sulfide) groups is 1. The lowest BCUT2D eigenvalue weighted by molar-refractivity contribution is -0.116. The minimum atomic E-state index is -0.133. The van der Waals surface area contributed by atoms with Gasteiger partial charge in [-0.15, -0.1) is 10.2 Å². The van der Waals surface area contributed by atoms with Gasteiger partial charge in [0.1, 0.15) is 5.82 Å². The predicted octanol–water partition coefficient (Wildman–Crippen LogP) is 2.82. The van der Waals surface area contributed by atoms with E-state index in [4.69, 9.17) is 0 Å². The van der Waals surface area contributed by atoms with E-state index in [0.29, 0.717) is 15.3 Å². The number of carbonyl (C=O) groups is 2. The summed E-state index contributed by atoms with van der Waals surface area (Å²) in [6.07, 6.45) is 2.01. The third-order valence-corrected chi connectivity index (χ3v) is 6.15. The van der Waals surface area contributed by atoms with E-state index in [9.17, 15) is 9.59 Å². The summed E-state index contributed by atoms with van der Waals surface area (Å²) in [6, 6.07) is 2.14. The van der Waals surface area contributed by atoms with Gasteiger partial charge in [0.25, 0.3) is 0 Å². The van der Waals surface area contributed by atoms with E-state index in [1.807, 2.05) is 13.1 Å². The lowest BCUT2D eigenvalue weighted by Gasteiger charge is -2.15. The maximum absolute atomic E-state index is 12.3. The van der Waals surface area contributed by atoms with Gasteiger partial charge in [-0.3, -0.25) is 19.2 Å². The van der Waals surface area contributed by atoms with Crippen LogP contribution in [-0.2, 0) is 22.1 Å². The van der Waals surface area contributed by atoms with Crippen LogP contribution in [0.15, 0.2) is 10.4 Å². The lowest BCUT2D eigenvalue weighted by Crippen LogP contribution is -2.30. The standard InChI is InChI=1S/C17H24N6O2S2/c1-10(24)23(11-6-7-11)15-19-20-16(27-15)26-9-14(25)18-13-8-12(17(2,3)4)21-22(13)5/h8,11H,6-7,9H2,1-5H3,(H,18,25). The summed E-state index contributed by atoms with van der Waals surface area (Å²) >= 11 is 2.66. The molecule has 0 atom stereocenters. The van der Waals surface area contributed by atoms with E-state index >= 15 is 0 Å². The first-order chi connectivity index (χ1) is 12.6. The van der Waals surface area contributed by atoms with Gasteiger partial charge in [0, 0.05) is 31.5 Å². The van der Waals surface area contributed by atoms with Crippen LogP contribution in [0.5, 0.6) is 0 Å². The minimum Gasteiger partial charge on any atom is -0.310 e. The molecule has 0 bridgehead atoms. The molecule has 146 valence electrons. The monoisotopic (exact) mass is 408 g/mol. The molecule has 8 nitrogen and oxygen atoms in total. The molecular weight excluding hydrogens is 384 g/mol. The number of hydrogen-bond donors (Lipinski definition) is 1. The van der Waals surface area contributed by atoms with E-state index < -0.39 is 0 Å². The Balaban J connectivity index is 1.57. The average molecular weight is 409 g/mol. The number of hydrogen-bond acceptors (Lipinski definition) is 7. The van der Waals surface area contributed by atoms with E-state index in [2.05, 4.69) is 41.4 Å². The zero-order valence-electron chi connectivity index (χ0n) is 16.1. The molecule has 3 rings (SSSR count). The van der Waals surface area contributed by atoms with Gasteiger partial charge in [0.15, 0.2) is 4.34 Å². The molecule has 0 unspecified atom stereocenters. The Bertz CT molecular complexity index is 850. The third kappa shape index (κ3) is 4.86. The van der Waals surface area contributed by atoms with Crippen LogP contribution in [0, 0.1) is 0 Å². The minimum absolute atomic E-state index is 0.0196. The van der Waals surface area contributed by atoms with Gasteiger partial charge in [-0.1, -0.05) is 43.9 Å². The SMILES string of the molecule is CC(=O)N(c1nnc(SCC(=O)Nc2cc(C(C)(C)C)nn2C)s1)C1CC1. The van der Waals surface area contributed by atoms with E-state index in [0.717, 1.165) is 18.5 Å². The van der Waals surface area contributed by atoms with Crippen molar-refractivity contribution in [1.29, 1.82) is 0 Å². The second kappa shape index (κ2) is 7.59. The second-order valence-electron chi connectivity index (χ2n) is 7.60. The van der Waals surface area contributed by atoms with Crippen molar-refractivity contribution in [3.63, 3.8) is 0 Å². The molecule has 1 fully saturated rings. The molecule has 1 aliphatic carbocycles. The third-order valence-electron chi connectivity index (χ3n) is 4.10. The number of aromatic nitrogens is 4. The molecule has 0 saturated heterocycles. The number of aryl methyl sites for hydroxylation is 1. The maximum Gasteiger partial charge on any atom is 0.235 e. The number of carbonyl (C=O) groups excluding carboxylic acids is 2. The smallest absolute Gasteiger partial charge is 0.235 e. The summed E-state index contributed by atoms with van der Waals surface area (Å²) in [7, 11) is 1.81. The fourth-order valence-corrected chi connectivity index (χ4v) is 4.25. The lowest BCUT2D eigenvalue weighted by atomic mass is 9.92. The van der Waals surface area contributed by atoms with Crippen molar-refractivity contribution in [1.82, 2.24) is 20.0 Å². The van der Waals surface area contributed by atoms with Crippen molar-refractivity contribution in [2.45, 2.75) is 56.3 Å². The number of nitrogens with zero attached hydrogens (tertiary/aromatic N) is 5. The summed E-state index contributed by atoms with van der Waals surface area (Å²) in [6.45, 7) is 7.78. The Morgan fingerprint density at radius 2 is 2.07 bits per heavy atom. The van der Waals surface area contributed by atoms with E-state index in [1.165, 1.54) is 23.1 Å². The molecule has 2 aromatic heterocycles. The quantitative estimate of drug-likeness (QED) is 0.584. The van der Waals surface area contributed by atoms with Crippen molar-refractivity contribution in [3.05, 3.63) is 11.8 Å². The number of rotatable bonds is 6. The molecule has 0 aliphatic heterocycles. The molecule has 10 heteroatoms. The highest BCUT2D eigenvalue weighted by Crippen LogP contribution is 2.35. The number of nitrogens with one attached hydrogen (secondary N) is 1. The molecule has 2 aromatic rings. The zero-order valence-corrected chi connectivity index (χ0v) is 17.8. The summed E-state index contributed by atoms with van der Waals surface area (Å²) in [5, 5.41) is 16.2. The molecule has 0 aromatic carbocycles. The van der Waals surface area contributed by atoms with Gasteiger partial charge in [0.2, 0.25) is 16.9 Å². The molecule has 2 heterocycles. The van der Waals surface area contributed by atoms with Crippen LogP contribution in [-0.4, -0.2) is 43.6 Å². The van der Waals surface area contributed by atoms with Crippen LogP contribution >= 0.6 is 23.1 Å². The first kappa shape index (κ1) is 19.8. The molecular formula is C17H24N6O2S2. The van der Waals surface area contributed by atoms with Crippen LogP contribution in [0.25, 0.3) is 0 Å². The fraction of sp³-hybridized carbons (Fsp3) is 0.588. The van der Waals surface area contributed by atoms with Crippen LogP contribution in [0.2, 0.25) is 0 Å². The van der Waals surface area contributed by atoms with Gasteiger partial charge in [-0.2, -0.15) is 5.10 Å². The summed E-state index contributed by atoms with van der Waals surface area (Å²) < 4.78 is 2.35. The largest absolute Gasteiger partial charge is 0.310 e. The van der Waals surface area contributed by atoms with Crippen molar-refractivity contribution in [2.75, 3.05) is 16.0 Å². The average Bonchev–Trinajstić information content (AvgIpc) is 3.15. The Morgan fingerprint density at radius 3 is 2.63 bits per heavy atom. The maximum atomic E-state index is 12.3. The Morgan fingerprint density at radius 1 is 1.37 bits per heavy atom. The molecule has 0 spiro atoms. The molecule has 1 N–H and O–H groups in total. The number of amides is 2. The molecule has 0 radical (unpaired) electrons. The molecule has 27 heavy (non-hydrogen) atoms. The second-order valence-corrected chi connectivity index (χ2v) is 9.77. The van der Waals surface area contributed by atoms with E-state index in [1.54, 1.807) is 16.5 Å². The van der Waals surface area contributed by atoms with Gasteiger partial charge < -0.3 is 5.32 Å². The van der Waals surface area contributed by atoms with Crippen LogP contribution in [0.3, 0.4) is 0 Å². The van der Waals surface area contributed by atoms with Gasteiger partial charge in [-0.05, 0) is 12.8 Å². The molecule has 2 amide bonds. The van der Waals surface area contributed by atoms with Crippen LogP contribution in [0.4, 0.5) is 10.9 Å². The Labute approximate surface area is 166 Å². The van der Waals surface area contributed by atoms with Gasteiger partial charge in [0.05, 0.1) is 11.4 Å².